The van der Waals surface area contributed by atoms with Gasteiger partial charge in [0.1, 0.15) is 5.75 Å². The lowest BCUT2D eigenvalue weighted by molar-refractivity contribution is -0.121. The van der Waals surface area contributed by atoms with E-state index >= 15 is 0 Å². The highest BCUT2D eigenvalue weighted by atomic mass is 16.5. The molecule has 1 amide bonds. The highest BCUT2D eigenvalue weighted by Crippen LogP contribution is 2.32. The van der Waals surface area contributed by atoms with Crippen LogP contribution in [-0.4, -0.2) is 13.0 Å². The van der Waals surface area contributed by atoms with Crippen molar-refractivity contribution in [2.45, 2.75) is 59.9 Å². The number of hydrogen-bond acceptors (Lipinski definition) is 2. The van der Waals surface area contributed by atoms with Crippen LogP contribution in [0, 0.1) is 20.8 Å². The van der Waals surface area contributed by atoms with Crippen molar-refractivity contribution in [1.82, 2.24) is 5.32 Å². The predicted octanol–water partition coefficient (Wildman–Crippen LogP) is 5.16. The minimum atomic E-state index is -0.0448. The normalized spacial score (nSPS) is 12.2. The highest BCUT2D eigenvalue weighted by molar-refractivity contribution is 5.79. The van der Waals surface area contributed by atoms with Crippen LogP contribution >= 0.6 is 0 Å². The van der Waals surface area contributed by atoms with E-state index in [0.717, 1.165) is 28.0 Å². The number of carbonyl (C=O) groups excluding carboxylic acids is 1. The molecule has 3 nitrogen and oxygen atoms in total. The Balaban J connectivity index is 2.17. The van der Waals surface area contributed by atoms with E-state index in [9.17, 15) is 4.79 Å². The first-order valence-corrected chi connectivity index (χ1v) is 9.26. The van der Waals surface area contributed by atoms with Crippen LogP contribution in [0.1, 0.15) is 66.1 Å². The van der Waals surface area contributed by atoms with Gasteiger partial charge in [0, 0.05) is 0 Å². The first kappa shape index (κ1) is 20.0. The van der Waals surface area contributed by atoms with Crippen molar-refractivity contribution < 1.29 is 9.53 Å². The molecule has 0 aromatic heterocycles. The number of hydrogen-bond donors (Lipinski definition) is 1. The van der Waals surface area contributed by atoms with Crippen molar-refractivity contribution in [1.29, 1.82) is 0 Å². The second-order valence-corrected chi connectivity index (χ2v) is 7.50. The fraction of sp³-hybridized carbons (Fsp3) is 0.435. The molecular formula is C23H31NO2. The van der Waals surface area contributed by atoms with Gasteiger partial charge >= 0.3 is 0 Å². The Kier molecular flexibility index (Phi) is 6.47. The number of amides is 1. The Labute approximate surface area is 157 Å². The summed E-state index contributed by atoms with van der Waals surface area (Å²) in [6.45, 7) is 12.5. The van der Waals surface area contributed by atoms with Gasteiger partial charge in [0.15, 0.2) is 0 Å². The molecule has 0 fully saturated rings. The van der Waals surface area contributed by atoms with Crippen LogP contribution in [-0.2, 0) is 11.2 Å². The Hall–Kier alpha value is -2.29. The van der Waals surface area contributed by atoms with Crippen molar-refractivity contribution in [3.63, 3.8) is 0 Å². The van der Waals surface area contributed by atoms with Crippen molar-refractivity contribution in [3.05, 3.63) is 63.7 Å². The average Bonchev–Trinajstić information content (AvgIpc) is 2.56. The van der Waals surface area contributed by atoms with Gasteiger partial charge < -0.3 is 10.1 Å². The van der Waals surface area contributed by atoms with Gasteiger partial charge in [-0.1, -0.05) is 37.6 Å². The van der Waals surface area contributed by atoms with Gasteiger partial charge in [-0.05, 0) is 73.6 Å². The summed E-state index contributed by atoms with van der Waals surface area (Å²) in [6.07, 6.45) is 0.405. The van der Waals surface area contributed by atoms with Crippen molar-refractivity contribution >= 4 is 5.91 Å². The third-order valence-corrected chi connectivity index (χ3v) is 4.93. The average molecular weight is 354 g/mol. The first-order valence-electron chi connectivity index (χ1n) is 9.26. The molecule has 2 rings (SSSR count). The molecule has 1 N–H and O–H groups in total. The fourth-order valence-electron chi connectivity index (χ4n) is 3.40. The van der Waals surface area contributed by atoms with Crippen LogP contribution in [0.25, 0.3) is 0 Å². The highest BCUT2D eigenvalue weighted by Gasteiger charge is 2.17. The largest absolute Gasteiger partial charge is 0.496 e. The van der Waals surface area contributed by atoms with Crippen LogP contribution in [0.4, 0.5) is 0 Å². The molecule has 140 valence electrons. The number of nitrogens with one attached hydrogen (secondary N) is 1. The summed E-state index contributed by atoms with van der Waals surface area (Å²) in [7, 11) is 1.70. The van der Waals surface area contributed by atoms with Gasteiger partial charge in [-0.25, -0.2) is 0 Å². The molecule has 0 aliphatic carbocycles. The Morgan fingerprint density at radius 2 is 1.69 bits per heavy atom. The standard InChI is InChI=1S/C23H31NO2/c1-14(2)20-13-21(17(5)11-22(20)26-7)18(6)24-23(25)12-19-9-8-15(3)10-16(19)4/h8-11,13-14,18H,12H2,1-7H3,(H,24,25)/t18-/m1/s1. The second kappa shape index (κ2) is 8.39. The molecule has 0 aliphatic heterocycles. The predicted molar refractivity (Wildman–Crippen MR) is 108 cm³/mol. The van der Waals surface area contributed by atoms with E-state index in [-0.39, 0.29) is 11.9 Å². The van der Waals surface area contributed by atoms with Gasteiger partial charge in [-0.3, -0.25) is 4.79 Å². The number of benzene rings is 2. The third-order valence-electron chi connectivity index (χ3n) is 4.93. The summed E-state index contributed by atoms with van der Waals surface area (Å²) in [5.74, 6) is 1.32. The molecule has 26 heavy (non-hydrogen) atoms. The van der Waals surface area contributed by atoms with E-state index in [1.807, 2.05) is 13.0 Å². The number of methoxy groups -OCH3 is 1. The van der Waals surface area contributed by atoms with E-state index in [0.29, 0.717) is 12.3 Å². The van der Waals surface area contributed by atoms with E-state index in [4.69, 9.17) is 4.74 Å². The Morgan fingerprint density at radius 3 is 2.27 bits per heavy atom. The summed E-state index contributed by atoms with van der Waals surface area (Å²) in [5, 5.41) is 3.15. The lowest BCUT2D eigenvalue weighted by Gasteiger charge is -2.21. The van der Waals surface area contributed by atoms with Gasteiger partial charge in [0.05, 0.1) is 19.6 Å². The van der Waals surface area contributed by atoms with E-state index < -0.39 is 0 Å². The fourth-order valence-corrected chi connectivity index (χ4v) is 3.40. The van der Waals surface area contributed by atoms with Gasteiger partial charge in [-0.2, -0.15) is 0 Å². The zero-order valence-electron chi connectivity index (χ0n) is 17.1. The minimum Gasteiger partial charge on any atom is -0.496 e. The summed E-state index contributed by atoms with van der Waals surface area (Å²) in [4.78, 5) is 12.6. The topological polar surface area (TPSA) is 38.3 Å². The summed E-state index contributed by atoms with van der Waals surface area (Å²) in [5.41, 5.74) is 6.90. The van der Waals surface area contributed by atoms with Crippen LogP contribution in [0.3, 0.4) is 0 Å². The molecule has 2 aromatic carbocycles. The van der Waals surface area contributed by atoms with Crippen LogP contribution in [0.15, 0.2) is 30.3 Å². The molecule has 0 unspecified atom stereocenters. The van der Waals surface area contributed by atoms with Gasteiger partial charge in [-0.15, -0.1) is 0 Å². The van der Waals surface area contributed by atoms with E-state index in [1.54, 1.807) is 7.11 Å². The maximum absolute atomic E-state index is 12.6. The maximum Gasteiger partial charge on any atom is 0.224 e. The van der Waals surface area contributed by atoms with Crippen LogP contribution < -0.4 is 10.1 Å². The van der Waals surface area contributed by atoms with Crippen molar-refractivity contribution in [2.75, 3.05) is 7.11 Å². The zero-order valence-corrected chi connectivity index (χ0v) is 17.1. The Bertz CT molecular complexity index is 793. The molecular weight excluding hydrogens is 322 g/mol. The molecule has 1 atom stereocenters. The first-order chi connectivity index (χ1) is 12.2. The minimum absolute atomic E-state index is 0.0448. The smallest absolute Gasteiger partial charge is 0.224 e. The molecule has 0 heterocycles. The molecule has 0 aliphatic rings. The Morgan fingerprint density at radius 1 is 1.00 bits per heavy atom. The summed E-state index contributed by atoms with van der Waals surface area (Å²) < 4.78 is 5.52. The summed E-state index contributed by atoms with van der Waals surface area (Å²) >= 11 is 0. The number of ether oxygens (including phenoxy) is 1. The van der Waals surface area contributed by atoms with E-state index in [1.165, 1.54) is 11.1 Å². The van der Waals surface area contributed by atoms with Crippen molar-refractivity contribution in [2.24, 2.45) is 0 Å². The van der Waals surface area contributed by atoms with Crippen molar-refractivity contribution in [3.8, 4) is 5.75 Å². The number of rotatable bonds is 6. The summed E-state index contributed by atoms with van der Waals surface area (Å²) in [6, 6.07) is 10.4. The molecule has 0 radical (unpaired) electrons. The molecule has 2 aromatic rings. The molecule has 0 bridgehead atoms. The zero-order chi connectivity index (χ0) is 19.4. The van der Waals surface area contributed by atoms with Crippen LogP contribution in [0.2, 0.25) is 0 Å². The maximum atomic E-state index is 12.6. The third kappa shape index (κ3) is 4.66. The quantitative estimate of drug-likeness (QED) is 0.778. The second-order valence-electron chi connectivity index (χ2n) is 7.50. The molecule has 0 spiro atoms. The number of carbonyl (C=O) groups is 1. The number of aryl methyl sites for hydroxylation is 3. The lowest BCUT2D eigenvalue weighted by atomic mass is 9.93. The molecule has 0 saturated heterocycles. The molecule has 0 saturated carbocycles. The lowest BCUT2D eigenvalue weighted by Crippen LogP contribution is -2.29. The monoisotopic (exact) mass is 353 g/mol. The molecule has 3 heteroatoms. The SMILES string of the molecule is COc1cc(C)c([C@@H](C)NC(=O)Cc2ccc(C)cc2C)cc1C(C)C. The van der Waals surface area contributed by atoms with Gasteiger partial charge in [0.2, 0.25) is 5.91 Å². The van der Waals surface area contributed by atoms with E-state index in [2.05, 4.69) is 64.2 Å². The van der Waals surface area contributed by atoms with Gasteiger partial charge in [0.25, 0.3) is 0 Å². The van der Waals surface area contributed by atoms with Crippen LogP contribution in [0.5, 0.6) is 5.75 Å².